The van der Waals surface area contributed by atoms with E-state index >= 15 is 0 Å². The molecule has 0 unspecified atom stereocenters. The number of amides is 1. The lowest BCUT2D eigenvalue weighted by molar-refractivity contribution is 0.0648. The van der Waals surface area contributed by atoms with Crippen LogP contribution in [-0.2, 0) is 0 Å². The molecule has 1 saturated carbocycles. The Morgan fingerprint density at radius 1 is 1.37 bits per heavy atom. The van der Waals surface area contributed by atoms with E-state index in [9.17, 15) is 4.79 Å². The van der Waals surface area contributed by atoms with Crippen molar-refractivity contribution in [3.8, 4) is 6.07 Å². The van der Waals surface area contributed by atoms with Crippen molar-refractivity contribution in [3.63, 3.8) is 0 Å². The third-order valence-corrected chi connectivity index (χ3v) is 3.86. The number of nitrogens with zero attached hydrogens (tertiary/aromatic N) is 2. The van der Waals surface area contributed by atoms with Crippen LogP contribution in [0.15, 0.2) is 24.3 Å². The van der Waals surface area contributed by atoms with E-state index in [1.54, 1.807) is 24.3 Å². The second-order valence-corrected chi connectivity index (χ2v) is 5.08. The summed E-state index contributed by atoms with van der Waals surface area (Å²) < 4.78 is 0. The molecular formula is C16H20N2O. The summed E-state index contributed by atoms with van der Waals surface area (Å²) in [5.41, 5.74) is 1.18. The lowest BCUT2D eigenvalue weighted by Crippen LogP contribution is -2.41. The first-order chi connectivity index (χ1) is 9.26. The van der Waals surface area contributed by atoms with Crippen LogP contribution >= 0.6 is 0 Å². The van der Waals surface area contributed by atoms with Crippen LogP contribution in [0.1, 0.15) is 54.9 Å². The maximum atomic E-state index is 12.6. The van der Waals surface area contributed by atoms with Gasteiger partial charge in [-0.2, -0.15) is 5.26 Å². The summed E-state index contributed by atoms with van der Waals surface area (Å²) in [6.07, 6.45) is 5.93. The number of hydrogen-bond donors (Lipinski definition) is 0. The molecule has 0 saturated heterocycles. The van der Waals surface area contributed by atoms with Crippen LogP contribution in [0, 0.1) is 11.3 Å². The van der Waals surface area contributed by atoms with E-state index in [4.69, 9.17) is 5.26 Å². The van der Waals surface area contributed by atoms with Crippen molar-refractivity contribution in [1.29, 1.82) is 5.26 Å². The summed E-state index contributed by atoms with van der Waals surface area (Å²) in [6.45, 7) is 2.76. The number of carbonyl (C=O) groups excluding carboxylic acids is 1. The predicted octanol–water partition coefficient (Wildman–Crippen LogP) is 3.35. The van der Waals surface area contributed by atoms with Crippen molar-refractivity contribution < 1.29 is 4.79 Å². The summed E-state index contributed by atoms with van der Waals surface area (Å²) in [6, 6.07) is 9.46. The average molecular weight is 256 g/mol. The molecular weight excluding hydrogens is 236 g/mol. The van der Waals surface area contributed by atoms with Crippen LogP contribution in [0.5, 0.6) is 0 Å². The van der Waals surface area contributed by atoms with Gasteiger partial charge in [0.05, 0.1) is 11.6 Å². The van der Waals surface area contributed by atoms with Crippen LogP contribution in [0.4, 0.5) is 0 Å². The van der Waals surface area contributed by atoms with Gasteiger partial charge in [-0.05, 0) is 38.0 Å². The van der Waals surface area contributed by atoms with Crippen molar-refractivity contribution in [2.24, 2.45) is 0 Å². The number of rotatable bonds is 3. The molecule has 0 spiro atoms. The minimum absolute atomic E-state index is 0.0616. The standard InChI is InChI=1S/C16H20N2O/c1-2-18(15-9-4-3-5-10-15)16(19)14-8-6-7-13(11-14)12-17/h6-8,11,15H,2-5,9-10H2,1H3. The Bertz CT molecular complexity index is 484. The molecule has 0 radical (unpaired) electrons. The molecule has 3 heteroatoms. The van der Waals surface area contributed by atoms with Crippen molar-refractivity contribution in [2.75, 3.05) is 6.54 Å². The van der Waals surface area contributed by atoms with Crippen molar-refractivity contribution in [1.82, 2.24) is 4.90 Å². The minimum Gasteiger partial charge on any atom is -0.336 e. The zero-order valence-electron chi connectivity index (χ0n) is 11.4. The Balaban J connectivity index is 2.17. The number of hydrogen-bond acceptors (Lipinski definition) is 2. The number of benzene rings is 1. The van der Waals surface area contributed by atoms with E-state index < -0.39 is 0 Å². The van der Waals surface area contributed by atoms with Gasteiger partial charge in [-0.1, -0.05) is 25.3 Å². The molecule has 19 heavy (non-hydrogen) atoms. The van der Waals surface area contributed by atoms with Crippen LogP contribution in [-0.4, -0.2) is 23.4 Å². The van der Waals surface area contributed by atoms with Crippen molar-refractivity contribution in [3.05, 3.63) is 35.4 Å². The molecule has 0 aromatic heterocycles. The lowest BCUT2D eigenvalue weighted by atomic mass is 9.93. The zero-order chi connectivity index (χ0) is 13.7. The van der Waals surface area contributed by atoms with Crippen LogP contribution in [0.3, 0.4) is 0 Å². The molecule has 0 bridgehead atoms. The van der Waals surface area contributed by atoms with Gasteiger partial charge in [0.15, 0.2) is 0 Å². The van der Waals surface area contributed by atoms with Gasteiger partial charge >= 0.3 is 0 Å². The van der Waals surface area contributed by atoms with Crippen molar-refractivity contribution in [2.45, 2.75) is 45.1 Å². The SMILES string of the molecule is CCN(C(=O)c1cccc(C#N)c1)C1CCCCC1. The predicted molar refractivity (Wildman–Crippen MR) is 74.7 cm³/mol. The highest BCUT2D eigenvalue weighted by Gasteiger charge is 2.24. The Kier molecular flexibility index (Phi) is 4.57. The first kappa shape index (κ1) is 13.6. The molecule has 1 aromatic rings. The molecule has 0 heterocycles. The summed E-state index contributed by atoms with van der Waals surface area (Å²) >= 11 is 0. The first-order valence-corrected chi connectivity index (χ1v) is 7.07. The van der Waals surface area contributed by atoms with Gasteiger partial charge in [-0.15, -0.1) is 0 Å². The van der Waals surface area contributed by atoms with Gasteiger partial charge in [-0.25, -0.2) is 0 Å². The highest BCUT2D eigenvalue weighted by atomic mass is 16.2. The van der Waals surface area contributed by atoms with Gasteiger partial charge < -0.3 is 4.90 Å². The highest BCUT2D eigenvalue weighted by Crippen LogP contribution is 2.24. The molecule has 100 valence electrons. The second-order valence-electron chi connectivity index (χ2n) is 5.08. The third-order valence-electron chi connectivity index (χ3n) is 3.86. The smallest absolute Gasteiger partial charge is 0.254 e. The monoisotopic (exact) mass is 256 g/mol. The van der Waals surface area contributed by atoms with Gasteiger partial charge in [0, 0.05) is 18.2 Å². The fourth-order valence-electron chi connectivity index (χ4n) is 2.85. The van der Waals surface area contributed by atoms with E-state index in [1.165, 1.54) is 19.3 Å². The zero-order valence-corrected chi connectivity index (χ0v) is 11.4. The summed E-state index contributed by atoms with van der Waals surface area (Å²) in [5.74, 6) is 0.0616. The Hall–Kier alpha value is -1.82. The maximum absolute atomic E-state index is 12.6. The first-order valence-electron chi connectivity index (χ1n) is 7.07. The van der Waals surface area contributed by atoms with Gasteiger partial charge in [0.2, 0.25) is 0 Å². The summed E-state index contributed by atoms with van der Waals surface area (Å²) in [4.78, 5) is 14.5. The van der Waals surface area contributed by atoms with Crippen molar-refractivity contribution >= 4 is 5.91 Å². The molecule has 1 aliphatic carbocycles. The van der Waals surface area contributed by atoms with Crippen LogP contribution in [0.25, 0.3) is 0 Å². The quantitative estimate of drug-likeness (QED) is 0.832. The lowest BCUT2D eigenvalue weighted by Gasteiger charge is -2.33. The van der Waals surface area contributed by atoms with E-state index in [2.05, 4.69) is 6.07 Å². The molecule has 1 aliphatic rings. The molecule has 2 rings (SSSR count). The Labute approximate surface area is 114 Å². The van der Waals surface area contributed by atoms with Crippen LogP contribution < -0.4 is 0 Å². The highest BCUT2D eigenvalue weighted by molar-refractivity contribution is 5.94. The summed E-state index contributed by atoms with van der Waals surface area (Å²) in [7, 11) is 0. The maximum Gasteiger partial charge on any atom is 0.254 e. The number of carbonyl (C=O) groups is 1. The molecule has 1 amide bonds. The fourth-order valence-corrected chi connectivity index (χ4v) is 2.85. The average Bonchev–Trinajstić information content (AvgIpc) is 2.49. The van der Waals surface area contributed by atoms with E-state index in [-0.39, 0.29) is 5.91 Å². The fraction of sp³-hybridized carbons (Fsp3) is 0.500. The van der Waals surface area contributed by atoms with E-state index in [0.29, 0.717) is 17.2 Å². The molecule has 1 aromatic carbocycles. The normalized spacial score (nSPS) is 15.8. The van der Waals surface area contributed by atoms with Gasteiger partial charge in [0.1, 0.15) is 0 Å². The van der Waals surface area contributed by atoms with E-state index in [1.807, 2.05) is 11.8 Å². The third kappa shape index (κ3) is 3.14. The molecule has 3 nitrogen and oxygen atoms in total. The molecule has 1 fully saturated rings. The Morgan fingerprint density at radius 2 is 2.11 bits per heavy atom. The summed E-state index contributed by atoms with van der Waals surface area (Å²) in [5, 5.41) is 8.91. The molecule has 0 atom stereocenters. The molecule has 0 aliphatic heterocycles. The van der Waals surface area contributed by atoms with Gasteiger partial charge in [-0.3, -0.25) is 4.79 Å². The van der Waals surface area contributed by atoms with Crippen LogP contribution in [0.2, 0.25) is 0 Å². The largest absolute Gasteiger partial charge is 0.336 e. The second kappa shape index (κ2) is 6.38. The molecule has 0 N–H and O–H groups in total. The van der Waals surface area contributed by atoms with Gasteiger partial charge in [0.25, 0.3) is 5.91 Å². The van der Waals surface area contributed by atoms with E-state index in [0.717, 1.165) is 19.4 Å². The minimum atomic E-state index is 0.0616. The number of nitriles is 1. The Morgan fingerprint density at radius 3 is 2.74 bits per heavy atom. The topological polar surface area (TPSA) is 44.1 Å².